The molecule has 1 aliphatic heterocycles. The first-order valence-corrected chi connectivity index (χ1v) is 12.3. The number of rotatable bonds is 7. The molecule has 0 radical (unpaired) electrons. The molecule has 0 unspecified atom stereocenters. The third-order valence-corrected chi connectivity index (χ3v) is 6.46. The first kappa shape index (κ1) is 23.9. The number of benzene rings is 2. The molecular weight excluding hydrogens is 455 g/mol. The van der Waals surface area contributed by atoms with Crippen LogP contribution in [-0.2, 0) is 4.74 Å². The number of carbonyl (C=O) groups excluding carboxylic acids is 1. The molecule has 0 bridgehead atoms. The second-order valence-corrected chi connectivity index (χ2v) is 9.00. The van der Waals surface area contributed by atoms with Gasteiger partial charge in [-0.25, -0.2) is 9.37 Å². The number of anilines is 3. The average molecular weight is 485 g/mol. The number of ketones is 1. The molecule has 36 heavy (non-hydrogen) atoms. The van der Waals surface area contributed by atoms with Crippen LogP contribution in [0.15, 0.2) is 60.8 Å². The summed E-state index contributed by atoms with van der Waals surface area (Å²) in [6.45, 7) is 6.84. The number of morpholine rings is 1. The molecule has 3 heterocycles. The maximum Gasteiger partial charge on any atom is 0.163 e. The topological polar surface area (TPSA) is 67.4 Å². The van der Waals surface area contributed by atoms with Gasteiger partial charge in [-0.2, -0.15) is 0 Å². The molecule has 0 saturated carbocycles. The van der Waals surface area contributed by atoms with Crippen LogP contribution in [0.4, 0.5) is 21.5 Å². The minimum absolute atomic E-state index is 0.114. The van der Waals surface area contributed by atoms with Gasteiger partial charge in [-0.1, -0.05) is 13.0 Å². The average Bonchev–Trinajstić information content (AvgIpc) is 2.91. The zero-order chi connectivity index (χ0) is 25.1. The number of fused-ring (bicyclic) bond motifs is 1. The predicted molar refractivity (Wildman–Crippen MR) is 142 cm³/mol. The summed E-state index contributed by atoms with van der Waals surface area (Å²) in [5.74, 6) is -0.234. The largest absolute Gasteiger partial charge is 0.378 e. The molecule has 2 aromatic carbocycles. The zero-order valence-corrected chi connectivity index (χ0v) is 20.6. The lowest BCUT2D eigenvalue weighted by atomic mass is 10.0. The molecule has 4 aromatic rings. The van der Waals surface area contributed by atoms with E-state index in [4.69, 9.17) is 9.72 Å². The van der Waals surface area contributed by atoms with Crippen molar-refractivity contribution in [3.63, 3.8) is 0 Å². The first-order chi connectivity index (χ1) is 17.5. The van der Waals surface area contributed by atoms with E-state index in [2.05, 4.69) is 21.3 Å². The van der Waals surface area contributed by atoms with Gasteiger partial charge in [0.05, 0.1) is 35.8 Å². The highest BCUT2D eigenvalue weighted by Crippen LogP contribution is 2.36. The van der Waals surface area contributed by atoms with Gasteiger partial charge in [0.25, 0.3) is 0 Å². The molecule has 0 amide bonds. The van der Waals surface area contributed by atoms with Crippen molar-refractivity contribution >= 4 is 33.7 Å². The Morgan fingerprint density at radius 3 is 2.69 bits per heavy atom. The van der Waals surface area contributed by atoms with Crippen molar-refractivity contribution < 1.29 is 13.9 Å². The fraction of sp³-hybridized carbons (Fsp3) is 0.276. The molecule has 0 spiro atoms. The van der Waals surface area contributed by atoms with Crippen molar-refractivity contribution in [1.29, 1.82) is 0 Å². The van der Waals surface area contributed by atoms with Crippen LogP contribution < -0.4 is 10.2 Å². The van der Waals surface area contributed by atoms with E-state index in [9.17, 15) is 9.18 Å². The highest BCUT2D eigenvalue weighted by Gasteiger charge is 2.18. The van der Waals surface area contributed by atoms with E-state index in [1.807, 2.05) is 44.2 Å². The van der Waals surface area contributed by atoms with E-state index in [1.165, 1.54) is 12.1 Å². The molecule has 5 rings (SSSR count). The van der Waals surface area contributed by atoms with Gasteiger partial charge in [0.15, 0.2) is 5.78 Å². The number of aromatic nitrogens is 2. The number of hydrogen-bond donors (Lipinski definition) is 1. The lowest BCUT2D eigenvalue weighted by molar-refractivity contribution is 0.0981. The summed E-state index contributed by atoms with van der Waals surface area (Å²) in [6.07, 6.45) is 3.00. The second-order valence-electron chi connectivity index (χ2n) is 9.00. The number of pyridine rings is 2. The second kappa shape index (κ2) is 10.4. The molecule has 0 atom stereocenters. The zero-order valence-electron chi connectivity index (χ0n) is 20.6. The van der Waals surface area contributed by atoms with Crippen molar-refractivity contribution in [3.05, 3.63) is 77.7 Å². The quantitative estimate of drug-likeness (QED) is 0.310. The Morgan fingerprint density at radius 1 is 1.11 bits per heavy atom. The molecule has 1 N–H and O–H groups in total. The fourth-order valence-corrected chi connectivity index (χ4v) is 4.61. The number of ether oxygens (including phenoxy) is 1. The summed E-state index contributed by atoms with van der Waals surface area (Å²) in [7, 11) is 0. The molecular formula is C29H29FN4O2. The van der Waals surface area contributed by atoms with E-state index in [0.717, 1.165) is 47.5 Å². The maximum atomic E-state index is 14.2. The van der Waals surface area contributed by atoms with Crippen molar-refractivity contribution in [2.45, 2.75) is 26.7 Å². The summed E-state index contributed by atoms with van der Waals surface area (Å²) in [5, 5.41) is 4.36. The van der Waals surface area contributed by atoms with E-state index in [-0.39, 0.29) is 11.6 Å². The van der Waals surface area contributed by atoms with Crippen LogP contribution in [0.3, 0.4) is 0 Å². The Labute approximate surface area is 210 Å². The molecule has 184 valence electrons. The predicted octanol–water partition coefficient (Wildman–Crippen LogP) is 6.31. The van der Waals surface area contributed by atoms with Crippen molar-refractivity contribution in [2.75, 3.05) is 36.5 Å². The molecule has 6 nitrogen and oxygen atoms in total. The van der Waals surface area contributed by atoms with Gasteiger partial charge in [-0.05, 0) is 55.8 Å². The van der Waals surface area contributed by atoms with Gasteiger partial charge in [0.1, 0.15) is 5.82 Å². The molecule has 2 aromatic heterocycles. The summed E-state index contributed by atoms with van der Waals surface area (Å²) in [6, 6.07) is 16.2. The van der Waals surface area contributed by atoms with Gasteiger partial charge in [-0.3, -0.25) is 9.78 Å². The van der Waals surface area contributed by atoms with Crippen LogP contribution in [0.5, 0.6) is 0 Å². The Morgan fingerprint density at radius 2 is 1.94 bits per heavy atom. The monoisotopic (exact) mass is 484 g/mol. The van der Waals surface area contributed by atoms with Crippen LogP contribution in [-0.4, -0.2) is 42.1 Å². The number of Topliss-reactive ketones (excluding diaryl/α,β-unsaturated/α-hetero) is 1. The standard InChI is InChI=1S/C29H29FN4O2/c1-3-6-27(35)20-15-22(18-23(16-20)34-11-13-36-14-12-34)32-28-19(2)29(25-7-4-5-10-31-25)33-26-17-21(30)8-9-24(26)28/h4-5,7-10,15-18H,3,6,11-14H2,1-2H3,(H,32,33). The van der Waals surface area contributed by atoms with Crippen LogP contribution in [0.1, 0.15) is 35.7 Å². The lowest BCUT2D eigenvalue weighted by Gasteiger charge is -2.29. The molecule has 1 fully saturated rings. The summed E-state index contributed by atoms with van der Waals surface area (Å²) >= 11 is 0. The lowest BCUT2D eigenvalue weighted by Crippen LogP contribution is -2.36. The van der Waals surface area contributed by atoms with Gasteiger partial charge >= 0.3 is 0 Å². The van der Waals surface area contributed by atoms with E-state index in [1.54, 1.807) is 12.3 Å². The minimum Gasteiger partial charge on any atom is -0.378 e. The maximum absolute atomic E-state index is 14.2. The Balaban J connectivity index is 1.64. The third kappa shape index (κ3) is 4.93. The normalized spacial score (nSPS) is 13.7. The number of halogens is 1. The first-order valence-electron chi connectivity index (χ1n) is 12.3. The Hall–Kier alpha value is -3.84. The smallest absolute Gasteiger partial charge is 0.163 e. The number of hydrogen-bond acceptors (Lipinski definition) is 6. The number of carbonyl (C=O) groups is 1. The number of nitrogens with one attached hydrogen (secondary N) is 1. The third-order valence-electron chi connectivity index (χ3n) is 6.46. The van der Waals surface area contributed by atoms with Gasteiger partial charge in [-0.15, -0.1) is 0 Å². The van der Waals surface area contributed by atoms with Crippen LogP contribution in [0.2, 0.25) is 0 Å². The summed E-state index contributed by atoms with van der Waals surface area (Å²) < 4.78 is 19.7. The van der Waals surface area contributed by atoms with Crippen molar-refractivity contribution in [3.8, 4) is 11.4 Å². The minimum atomic E-state index is -0.349. The summed E-state index contributed by atoms with van der Waals surface area (Å²) in [5.41, 5.74) is 6.10. The van der Waals surface area contributed by atoms with Gasteiger partial charge < -0.3 is 15.0 Å². The highest BCUT2D eigenvalue weighted by atomic mass is 19.1. The summed E-state index contributed by atoms with van der Waals surface area (Å²) in [4.78, 5) is 24.4. The Kier molecular flexibility index (Phi) is 6.91. The SMILES string of the molecule is CCCC(=O)c1cc(Nc2c(C)c(-c3ccccn3)nc3cc(F)ccc23)cc(N2CCOCC2)c1. The van der Waals surface area contributed by atoms with Crippen LogP contribution >= 0.6 is 0 Å². The Bertz CT molecular complexity index is 1400. The molecule has 1 aliphatic rings. The van der Waals surface area contributed by atoms with Crippen LogP contribution in [0.25, 0.3) is 22.3 Å². The molecule has 0 aliphatic carbocycles. The van der Waals surface area contributed by atoms with Gasteiger partial charge in [0, 0.05) is 59.7 Å². The fourth-order valence-electron chi connectivity index (χ4n) is 4.61. The van der Waals surface area contributed by atoms with Gasteiger partial charge in [0.2, 0.25) is 0 Å². The number of nitrogens with zero attached hydrogens (tertiary/aromatic N) is 3. The van der Waals surface area contributed by atoms with E-state index >= 15 is 0 Å². The highest BCUT2D eigenvalue weighted by molar-refractivity contribution is 6.00. The van der Waals surface area contributed by atoms with E-state index < -0.39 is 0 Å². The molecule has 1 saturated heterocycles. The van der Waals surface area contributed by atoms with Crippen molar-refractivity contribution in [1.82, 2.24) is 9.97 Å². The van der Waals surface area contributed by atoms with Crippen LogP contribution in [0, 0.1) is 12.7 Å². The molecule has 7 heteroatoms. The van der Waals surface area contributed by atoms with Crippen molar-refractivity contribution in [2.24, 2.45) is 0 Å². The van der Waals surface area contributed by atoms with E-state index in [0.29, 0.717) is 42.1 Å².